The molecular formula is C46H39N3O. The van der Waals surface area contributed by atoms with Crippen LogP contribution in [0.25, 0.3) is 55.7 Å². The topological polar surface area (TPSA) is 42.5 Å². The van der Waals surface area contributed by atoms with E-state index in [9.17, 15) is 0 Å². The van der Waals surface area contributed by atoms with Gasteiger partial charge in [0.15, 0.2) is 0 Å². The third-order valence-electron chi connectivity index (χ3n) is 11.1. The average molecular weight is 650 g/mol. The second kappa shape index (κ2) is 12.1. The molecule has 4 heteroatoms. The first-order valence-corrected chi connectivity index (χ1v) is 18.2. The van der Waals surface area contributed by atoms with Crippen LogP contribution in [0.3, 0.4) is 0 Å². The Labute approximate surface area is 292 Å². The van der Waals surface area contributed by atoms with E-state index in [2.05, 4.69) is 149 Å². The van der Waals surface area contributed by atoms with E-state index in [1.165, 1.54) is 55.0 Å². The van der Waals surface area contributed by atoms with E-state index in [4.69, 9.17) is 9.41 Å². The molecule has 3 atom stereocenters. The summed E-state index contributed by atoms with van der Waals surface area (Å²) in [4.78, 5) is 5.34. The number of fused-ring (bicyclic) bond motifs is 6. The summed E-state index contributed by atoms with van der Waals surface area (Å²) in [5, 5.41) is 7.69. The Morgan fingerprint density at radius 1 is 0.740 bits per heavy atom. The Kier molecular flexibility index (Phi) is 7.07. The number of allylic oxidation sites excluding steroid dienone is 6. The maximum atomic E-state index is 6.75. The highest BCUT2D eigenvalue weighted by Crippen LogP contribution is 2.44. The van der Waals surface area contributed by atoms with Gasteiger partial charge in [-0.3, -0.25) is 4.99 Å². The summed E-state index contributed by atoms with van der Waals surface area (Å²) < 4.78 is 9.15. The molecule has 10 rings (SSSR count). The molecule has 4 aliphatic rings. The van der Waals surface area contributed by atoms with Crippen LogP contribution >= 0.6 is 0 Å². The number of furan rings is 1. The summed E-state index contributed by atoms with van der Waals surface area (Å²) in [6, 6.07) is 33.5. The summed E-state index contributed by atoms with van der Waals surface area (Å²) in [7, 11) is 0. The van der Waals surface area contributed by atoms with Gasteiger partial charge in [-0.05, 0) is 91.1 Å². The molecule has 6 aromatic rings. The van der Waals surface area contributed by atoms with Gasteiger partial charge >= 0.3 is 0 Å². The Morgan fingerprint density at radius 2 is 1.62 bits per heavy atom. The van der Waals surface area contributed by atoms with Gasteiger partial charge in [0.2, 0.25) is 0 Å². The van der Waals surface area contributed by atoms with Crippen molar-refractivity contribution in [2.45, 2.75) is 56.5 Å². The second-order valence-corrected chi connectivity index (χ2v) is 14.1. The van der Waals surface area contributed by atoms with Crippen LogP contribution in [-0.2, 0) is 0 Å². The zero-order valence-corrected chi connectivity index (χ0v) is 28.1. The SMILES string of the molecule is C1=CCCC(C2=NC(C3=CCCC=C3)CC(C3CC=Cc4oc5cc(-n6c7ccccc7c7ccc(-c8ccccc8)cc76)ccc5c43)N2)=C1. The number of rotatable bonds is 5. The Bertz CT molecular complexity index is 2480. The van der Waals surface area contributed by atoms with E-state index < -0.39 is 0 Å². The summed E-state index contributed by atoms with van der Waals surface area (Å²) in [5.41, 5.74) is 10.9. The smallest absolute Gasteiger partial charge is 0.137 e. The predicted molar refractivity (Wildman–Crippen MR) is 208 cm³/mol. The summed E-state index contributed by atoms with van der Waals surface area (Å²) in [6.07, 6.45) is 24.5. The van der Waals surface area contributed by atoms with E-state index in [1.807, 2.05) is 0 Å². The number of hydrogen-bond donors (Lipinski definition) is 1. The summed E-state index contributed by atoms with van der Waals surface area (Å²) in [6.45, 7) is 0. The lowest BCUT2D eigenvalue weighted by molar-refractivity contribution is 0.418. The van der Waals surface area contributed by atoms with Gasteiger partial charge in [-0.25, -0.2) is 0 Å². The molecule has 4 nitrogen and oxygen atoms in total. The van der Waals surface area contributed by atoms with Gasteiger partial charge in [0.25, 0.3) is 0 Å². The van der Waals surface area contributed by atoms with Crippen LogP contribution in [0, 0.1) is 0 Å². The van der Waals surface area contributed by atoms with E-state index >= 15 is 0 Å². The van der Waals surface area contributed by atoms with Crippen molar-refractivity contribution >= 4 is 44.7 Å². The normalized spacial score (nSPS) is 21.6. The molecule has 244 valence electrons. The molecule has 1 N–H and O–H groups in total. The number of amidine groups is 1. The van der Waals surface area contributed by atoms with Gasteiger partial charge in [-0.15, -0.1) is 0 Å². The van der Waals surface area contributed by atoms with Crippen molar-refractivity contribution in [2.75, 3.05) is 0 Å². The minimum absolute atomic E-state index is 0.162. The Morgan fingerprint density at radius 3 is 2.50 bits per heavy atom. The monoisotopic (exact) mass is 649 g/mol. The maximum Gasteiger partial charge on any atom is 0.137 e. The first-order chi connectivity index (χ1) is 24.8. The Hall–Kier alpha value is -5.61. The summed E-state index contributed by atoms with van der Waals surface area (Å²) in [5.74, 6) is 2.34. The maximum absolute atomic E-state index is 6.75. The van der Waals surface area contributed by atoms with E-state index in [1.54, 1.807) is 0 Å². The van der Waals surface area contributed by atoms with Crippen LogP contribution < -0.4 is 5.32 Å². The molecule has 0 saturated heterocycles. The van der Waals surface area contributed by atoms with Crippen LogP contribution in [0.5, 0.6) is 0 Å². The van der Waals surface area contributed by atoms with Crippen LogP contribution in [0.1, 0.15) is 55.8 Å². The molecule has 0 saturated carbocycles. The standard InChI is InChI=1S/C46H39N3O/c1-4-13-30(14-5-1)33-23-25-36-35-19-10-11-21-41(35)49(42(36)27-33)34-24-26-38-44(28-34)50-43-22-12-20-37(45(38)43)40-29-39(31-15-6-2-7-16-31)47-46(48-40)32-17-8-3-9-18-32/h1,3-6,8,10-17,19,21-28,37,39-40H,2,7,9,18,20,29H2,(H,47,48). The summed E-state index contributed by atoms with van der Waals surface area (Å²) >= 11 is 0. The molecule has 0 fully saturated rings. The molecule has 3 heterocycles. The van der Waals surface area contributed by atoms with Crippen molar-refractivity contribution in [3.05, 3.63) is 156 Å². The fraction of sp³-hybridized carbons (Fsp3) is 0.196. The molecule has 1 aliphatic heterocycles. The molecule has 0 radical (unpaired) electrons. The number of aromatic nitrogens is 1. The van der Waals surface area contributed by atoms with E-state index in [0.29, 0.717) is 0 Å². The fourth-order valence-electron chi connectivity index (χ4n) is 8.69. The van der Waals surface area contributed by atoms with Gasteiger partial charge in [0, 0.05) is 45.4 Å². The van der Waals surface area contributed by atoms with Gasteiger partial charge < -0.3 is 14.3 Å². The lowest BCUT2D eigenvalue weighted by Gasteiger charge is -2.37. The molecule has 4 aromatic carbocycles. The molecule has 0 amide bonds. The van der Waals surface area contributed by atoms with E-state index in [0.717, 1.165) is 61.4 Å². The van der Waals surface area contributed by atoms with Crippen molar-refractivity contribution in [1.82, 2.24) is 9.88 Å². The van der Waals surface area contributed by atoms with Crippen molar-refractivity contribution < 1.29 is 4.42 Å². The first-order valence-electron chi connectivity index (χ1n) is 18.2. The molecule has 50 heavy (non-hydrogen) atoms. The molecule has 0 spiro atoms. The molecule has 2 aromatic heterocycles. The van der Waals surface area contributed by atoms with E-state index in [-0.39, 0.29) is 18.0 Å². The van der Waals surface area contributed by atoms with Gasteiger partial charge in [0.1, 0.15) is 17.2 Å². The highest BCUT2D eigenvalue weighted by Gasteiger charge is 2.36. The second-order valence-electron chi connectivity index (χ2n) is 14.1. The number of nitrogens with one attached hydrogen (secondary N) is 1. The minimum atomic E-state index is 0.162. The third-order valence-corrected chi connectivity index (χ3v) is 11.1. The highest BCUT2D eigenvalue weighted by molar-refractivity contribution is 6.10. The quantitative estimate of drug-likeness (QED) is 0.202. The van der Waals surface area contributed by atoms with Gasteiger partial charge in [-0.1, -0.05) is 103 Å². The zero-order valence-electron chi connectivity index (χ0n) is 28.1. The lowest BCUT2D eigenvalue weighted by atomic mass is 9.79. The largest absolute Gasteiger partial charge is 0.456 e. The van der Waals surface area contributed by atoms with Gasteiger partial charge in [0.05, 0.1) is 17.1 Å². The number of nitrogens with zero attached hydrogens (tertiary/aromatic N) is 2. The van der Waals surface area contributed by atoms with Crippen LogP contribution in [-0.4, -0.2) is 22.5 Å². The van der Waals surface area contributed by atoms with Crippen molar-refractivity contribution in [1.29, 1.82) is 0 Å². The minimum Gasteiger partial charge on any atom is -0.456 e. The molecular weight excluding hydrogens is 611 g/mol. The van der Waals surface area contributed by atoms with Crippen LogP contribution in [0.4, 0.5) is 0 Å². The predicted octanol–water partition coefficient (Wildman–Crippen LogP) is 11.4. The zero-order chi connectivity index (χ0) is 33.0. The third kappa shape index (κ3) is 4.93. The van der Waals surface area contributed by atoms with Gasteiger partial charge in [-0.2, -0.15) is 0 Å². The molecule has 0 bridgehead atoms. The number of para-hydroxylation sites is 1. The number of aliphatic imine (C=N–C) groups is 1. The molecule has 3 aliphatic carbocycles. The first kappa shape index (κ1) is 29.3. The number of benzene rings is 4. The van der Waals surface area contributed by atoms with Crippen molar-refractivity contribution in [2.24, 2.45) is 4.99 Å². The van der Waals surface area contributed by atoms with Crippen molar-refractivity contribution in [3.63, 3.8) is 0 Å². The lowest BCUT2D eigenvalue weighted by Crippen LogP contribution is -2.47. The fourth-order valence-corrected chi connectivity index (χ4v) is 8.69. The average Bonchev–Trinajstić information content (AvgIpc) is 3.73. The van der Waals surface area contributed by atoms with Crippen molar-refractivity contribution in [3.8, 4) is 16.8 Å². The number of hydrogen-bond acceptors (Lipinski definition) is 3. The van der Waals surface area contributed by atoms with Crippen LogP contribution in [0.15, 0.2) is 154 Å². The molecule has 3 unspecified atom stereocenters. The van der Waals surface area contributed by atoms with Crippen LogP contribution in [0.2, 0.25) is 0 Å². The Balaban J connectivity index is 1.07. The highest BCUT2D eigenvalue weighted by atomic mass is 16.3.